The molecule has 0 spiro atoms. The average molecular weight is 525 g/mol. The second kappa shape index (κ2) is 10.5. The van der Waals surface area contributed by atoms with E-state index in [-0.39, 0.29) is 29.7 Å². The van der Waals surface area contributed by atoms with Crippen LogP contribution in [-0.2, 0) is 19.5 Å². The average Bonchev–Trinajstić information content (AvgIpc) is 2.95. The van der Waals surface area contributed by atoms with Crippen molar-refractivity contribution in [1.29, 1.82) is 0 Å². The molecule has 0 aliphatic carbocycles. The van der Waals surface area contributed by atoms with Gasteiger partial charge in [-0.15, -0.1) is 0 Å². The van der Waals surface area contributed by atoms with E-state index in [9.17, 15) is 19.2 Å². The first-order chi connectivity index (χ1) is 18.7. The number of nitrogens with zero attached hydrogens (tertiary/aromatic N) is 3. The van der Waals surface area contributed by atoms with Crippen LogP contribution >= 0.6 is 0 Å². The lowest BCUT2D eigenvalue weighted by molar-refractivity contribution is 0.0934. The van der Waals surface area contributed by atoms with Crippen molar-refractivity contribution in [1.82, 2.24) is 20.6 Å². The molecule has 2 heterocycles. The third-order valence-electron chi connectivity index (χ3n) is 7.03. The van der Waals surface area contributed by atoms with Crippen LogP contribution in [0.1, 0.15) is 61.8 Å². The molecule has 3 aromatic carbocycles. The Morgan fingerprint density at radius 1 is 0.974 bits per heavy atom. The molecule has 1 aliphatic rings. The fourth-order valence-corrected chi connectivity index (χ4v) is 4.71. The molecule has 0 radical (unpaired) electrons. The summed E-state index contributed by atoms with van der Waals surface area (Å²) < 4.78 is 0. The Bertz CT molecular complexity index is 1640. The molecule has 0 bridgehead atoms. The van der Waals surface area contributed by atoms with Gasteiger partial charge in [-0.25, -0.2) is 9.97 Å². The Labute approximate surface area is 224 Å². The zero-order chi connectivity index (χ0) is 27.7. The van der Waals surface area contributed by atoms with Crippen molar-refractivity contribution >= 4 is 23.2 Å². The van der Waals surface area contributed by atoms with Crippen LogP contribution in [0.25, 0.3) is 0 Å². The Balaban J connectivity index is 1.21. The van der Waals surface area contributed by atoms with E-state index in [2.05, 4.69) is 20.6 Å². The van der Waals surface area contributed by atoms with Gasteiger partial charge in [0, 0.05) is 25.7 Å². The van der Waals surface area contributed by atoms with Gasteiger partial charge in [-0.3, -0.25) is 19.2 Å². The van der Waals surface area contributed by atoms with E-state index < -0.39 is 22.7 Å². The molecule has 4 aromatic rings. The molecule has 10 heteroatoms. The predicted molar refractivity (Wildman–Crippen MR) is 147 cm³/mol. The molecule has 5 rings (SSSR count). The van der Waals surface area contributed by atoms with Gasteiger partial charge in [0.25, 0.3) is 22.7 Å². The van der Waals surface area contributed by atoms with Crippen molar-refractivity contribution in [3.05, 3.63) is 115 Å². The minimum absolute atomic E-state index is 0.0226. The van der Waals surface area contributed by atoms with Gasteiger partial charge in [0.2, 0.25) is 0 Å². The van der Waals surface area contributed by atoms with E-state index in [4.69, 9.17) is 5.73 Å². The summed E-state index contributed by atoms with van der Waals surface area (Å²) in [6, 6.07) is 14.9. The maximum atomic E-state index is 12.8. The van der Waals surface area contributed by atoms with Gasteiger partial charge in [0.1, 0.15) is 29.1 Å². The van der Waals surface area contributed by atoms with Crippen molar-refractivity contribution < 1.29 is 9.59 Å². The number of nitrogen functional groups attached to an aromatic ring is 1. The Hall–Kier alpha value is -4.86. The van der Waals surface area contributed by atoms with E-state index in [0.29, 0.717) is 25.2 Å². The molecule has 1 aromatic heterocycles. The number of carbonyl (C=O) groups excluding carboxylic acids is 2. The third kappa shape index (κ3) is 5.26. The highest BCUT2D eigenvalue weighted by Gasteiger charge is 2.27. The first-order valence-corrected chi connectivity index (χ1v) is 12.6. The molecule has 39 heavy (non-hydrogen) atoms. The summed E-state index contributed by atoms with van der Waals surface area (Å²) in [5, 5.41) is 5.73. The van der Waals surface area contributed by atoms with Crippen LogP contribution in [0.15, 0.2) is 64.4 Å². The van der Waals surface area contributed by atoms with Crippen LogP contribution in [0.4, 0.5) is 11.4 Å². The molecule has 0 saturated heterocycles. The summed E-state index contributed by atoms with van der Waals surface area (Å²) >= 11 is 0. The van der Waals surface area contributed by atoms with Crippen LogP contribution in [0.3, 0.4) is 0 Å². The molecular formula is C29H28N6O4. The van der Waals surface area contributed by atoms with Crippen molar-refractivity contribution in [2.75, 3.05) is 17.2 Å². The zero-order valence-electron chi connectivity index (χ0n) is 21.7. The third-order valence-corrected chi connectivity index (χ3v) is 7.03. The van der Waals surface area contributed by atoms with Gasteiger partial charge < -0.3 is 21.3 Å². The second-order valence-electron chi connectivity index (χ2n) is 9.77. The van der Waals surface area contributed by atoms with Gasteiger partial charge in [0.05, 0.1) is 6.04 Å². The minimum atomic E-state index is -0.626. The molecular weight excluding hydrogens is 496 g/mol. The number of anilines is 2. The van der Waals surface area contributed by atoms with E-state index >= 15 is 0 Å². The number of carbonyl (C=O) groups is 2. The molecule has 1 aliphatic heterocycles. The smallest absolute Gasteiger partial charge is 0.270 e. The number of benzene rings is 2. The van der Waals surface area contributed by atoms with Crippen LogP contribution < -0.4 is 32.1 Å². The highest BCUT2D eigenvalue weighted by Crippen LogP contribution is 2.26. The van der Waals surface area contributed by atoms with E-state index in [1.54, 1.807) is 0 Å². The zero-order valence-corrected chi connectivity index (χ0v) is 21.7. The summed E-state index contributed by atoms with van der Waals surface area (Å²) in [6.45, 7) is 5.18. The summed E-state index contributed by atoms with van der Waals surface area (Å²) in [5.41, 5.74) is 10.2. The Kier molecular flexibility index (Phi) is 6.93. The summed E-state index contributed by atoms with van der Waals surface area (Å²) in [4.78, 5) is 58.9. The lowest BCUT2D eigenvalue weighted by Gasteiger charge is -2.32. The monoisotopic (exact) mass is 524 g/mol. The molecule has 0 fully saturated rings. The summed E-state index contributed by atoms with van der Waals surface area (Å²) in [5.74, 6) is -0.838. The summed E-state index contributed by atoms with van der Waals surface area (Å²) in [7, 11) is 0. The SMILES string of the molecule is Cc1ccc([C@H](C)NC(=O)c2cc(C(=O)NCc3ccc4c(c3)CN(c3c(N)c(=O)c3=O)CC4)ncn2)cc1. The maximum absolute atomic E-state index is 12.8. The van der Waals surface area contributed by atoms with Crippen LogP contribution in [-0.4, -0.2) is 28.3 Å². The topological polar surface area (TPSA) is 147 Å². The quantitative estimate of drug-likeness (QED) is 0.311. The number of amides is 2. The van der Waals surface area contributed by atoms with Crippen molar-refractivity contribution in [2.45, 2.75) is 39.4 Å². The van der Waals surface area contributed by atoms with Gasteiger partial charge in [-0.2, -0.15) is 0 Å². The van der Waals surface area contributed by atoms with Crippen LogP contribution in [0.2, 0.25) is 0 Å². The minimum Gasteiger partial charge on any atom is -0.394 e. The van der Waals surface area contributed by atoms with E-state index in [1.807, 2.05) is 61.2 Å². The fourth-order valence-electron chi connectivity index (χ4n) is 4.71. The van der Waals surface area contributed by atoms with Crippen molar-refractivity contribution in [2.24, 2.45) is 0 Å². The molecule has 10 nitrogen and oxygen atoms in total. The number of aryl methyl sites for hydroxylation is 1. The van der Waals surface area contributed by atoms with E-state index in [0.717, 1.165) is 27.8 Å². The number of hydrogen-bond donors (Lipinski definition) is 3. The molecule has 198 valence electrons. The molecule has 1 atom stereocenters. The van der Waals surface area contributed by atoms with Crippen LogP contribution in [0.5, 0.6) is 0 Å². The Morgan fingerprint density at radius 3 is 2.41 bits per heavy atom. The number of nitrogens with two attached hydrogens (primary N) is 1. The van der Waals surface area contributed by atoms with Gasteiger partial charge in [-0.05, 0) is 42.5 Å². The normalized spacial score (nSPS) is 13.5. The van der Waals surface area contributed by atoms with Gasteiger partial charge in [-0.1, -0.05) is 48.0 Å². The number of hydrogen-bond acceptors (Lipinski definition) is 8. The number of fused-ring (bicyclic) bond motifs is 1. The lowest BCUT2D eigenvalue weighted by atomic mass is 9.96. The predicted octanol–water partition coefficient (Wildman–Crippen LogP) is 1.95. The standard InChI is InChI=1S/C29H28N6O4/c1-16-3-6-19(7-4-16)17(2)34-29(39)23-12-22(32-15-33-23)28(38)31-13-18-5-8-20-9-10-35(14-21(20)11-18)25-24(30)26(36)27(25)37/h3-8,11-12,15,17H,9-10,13-14,30H2,1-2H3,(H,31,38)(H,34,39)/t17-/m0/s1. The van der Waals surface area contributed by atoms with Crippen molar-refractivity contribution in [3.8, 4) is 0 Å². The van der Waals surface area contributed by atoms with Gasteiger partial charge in [0.15, 0.2) is 0 Å². The number of aromatic nitrogens is 2. The summed E-state index contributed by atoms with van der Waals surface area (Å²) in [6.07, 6.45) is 1.91. The first-order valence-electron chi connectivity index (χ1n) is 12.6. The first kappa shape index (κ1) is 25.8. The number of nitrogens with one attached hydrogen (secondary N) is 2. The largest absolute Gasteiger partial charge is 0.394 e. The highest BCUT2D eigenvalue weighted by molar-refractivity contribution is 5.97. The highest BCUT2D eigenvalue weighted by atomic mass is 16.2. The molecule has 0 saturated carbocycles. The number of rotatable bonds is 7. The van der Waals surface area contributed by atoms with Crippen molar-refractivity contribution in [3.63, 3.8) is 0 Å². The molecule has 2 amide bonds. The maximum Gasteiger partial charge on any atom is 0.270 e. The van der Waals surface area contributed by atoms with Crippen LogP contribution in [0, 0.1) is 6.92 Å². The Morgan fingerprint density at radius 2 is 1.69 bits per heavy atom. The molecule has 4 N–H and O–H groups in total. The van der Waals surface area contributed by atoms with E-state index in [1.165, 1.54) is 12.4 Å². The van der Waals surface area contributed by atoms with Gasteiger partial charge >= 0.3 is 0 Å². The lowest BCUT2D eigenvalue weighted by Crippen LogP contribution is -2.44. The fraction of sp³-hybridized carbons (Fsp3) is 0.241. The second-order valence-corrected chi connectivity index (χ2v) is 9.77. The molecule has 0 unspecified atom stereocenters.